The second-order valence-corrected chi connectivity index (χ2v) is 10.2. The van der Waals surface area contributed by atoms with E-state index in [4.69, 9.17) is 4.74 Å². The van der Waals surface area contributed by atoms with E-state index in [0.717, 1.165) is 31.2 Å². The summed E-state index contributed by atoms with van der Waals surface area (Å²) in [5.74, 6) is 0.0546. The minimum absolute atomic E-state index is 0.0929. The first-order valence-electron chi connectivity index (χ1n) is 11.9. The van der Waals surface area contributed by atoms with E-state index in [1.807, 2.05) is 32.0 Å². The van der Waals surface area contributed by atoms with Crippen molar-refractivity contribution in [3.05, 3.63) is 65.4 Å². The van der Waals surface area contributed by atoms with Gasteiger partial charge in [0.05, 0.1) is 6.04 Å². The van der Waals surface area contributed by atoms with Crippen LogP contribution in [0.25, 0.3) is 10.8 Å². The second kappa shape index (κ2) is 11.0. The van der Waals surface area contributed by atoms with Gasteiger partial charge in [0.2, 0.25) is 0 Å². The zero-order valence-corrected chi connectivity index (χ0v) is 21.0. The zero-order valence-electron chi connectivity index (χ0n) is 20.2. The number of carbonyl (C=O) groups excluding carboxylic acids is 2. The first-order chi connectivity index (χ1) is 16.8. The lowest BCUT2D eigenvalue weighted by Gasteiger charge is -2.39. The van der Waals surface area contributed by atoms with Crippen LogP contribution in [-0.2, 0) is 9.53 Å². The number of carbonyl (C=O) groups is 2. The molecule has 1 saturated carbocycles. The van der Waals surface area contributed by atoms with Gasteiger partial charge in [-0.3, -0.25) is 9.59 Å². The van der Waals surface area contributed by atoms with Crippen LogP contribution < -0.4 is 10.6 Å². The van der Waals surface area contributed by atoms with Gasteiger partial charge in [0.25, 0.3) is 5.91 Å². The summed E-state index contributed by atoms with van der Waals surface area (Å²) >= 11 is 1.36. The van der Waals surface area contributed by atoms with Crippen LogP contribution in [0, 0.1) is 0 Å². The molecule has 1 aromatic carbocycles. The Morgan fingerprint density at radius 1 is 1.03 bits per heavy atom. The van der Waals surface area contributed by atoms with Gasteiger partial charge in [-0.05, 0) is 51.2 Å². The molecule has 35 heavy (non-hydrogen) atoms. The largest absolute Gasteiger partial charge is 0.458 e. The van der Waals surface area contributed by atoms with Crippen molar-refractivity contribution in [3.63, 3.8) is 0 Å². The third-order valence-electron chi connectivity index (χ3n) is 6.19. The number of nitrogens with one attached hydrogen (secondary N) is 2. The van der Waals surface area contributed by atoms with E-state index >= 15 is 0 Å². The van der Waals surface area contributed by atoms with Gasteiger partial charge in [-0.15, -0.1) is 11.3 Å². The molecule has 9 heteroatoms. The molecular formula is C26H31N5O3S. The van der Waals surface area contributed by atoms with E-state index in [1.54, 1.807) is 23.8 Å². The van der Waals surface area contributed by atoms with E-state index in [9.17, 15) is 9.59 Å². The maximum atomic E-state index is 12.8. The molecule has 1 aliphatic carbocycles. The fraction of sp³-hybridized carbons (Fsp3) is 0.423. The lowest BCUT2D eigenvalue weighted by atomic mass is 9.86. The van der Waals surface area contributed by atoms with Crippen LogP contribution in [-0.4, -0.2) is 44.5 Å². The quantitative estimate of drug-likeness (QED) is 0.450. The van der Waals surface area contributed by atoms with Gasteiger partial charge < -0.3 is 15.4 Å². The summed E-state index contributed by atoms with van der Waals surface area (Å²) in [6.45, 7) is 5.32. The van der Waals surface area contributed by atoms with E-state index in [0.29, 0.717) is 16.5 Å². The van der Waals surface area contributed by atoms with Crippen molar-refractivity contribution in [2.45, 2.75) is 70.2 Å². The Kier molecular flexibility index (Phi) is 7.87. The Balaban J connectivity index is 1.34. The van der Waals surface area contributed by atoms with Crippen LogP contribution in [0.3, 0.4) is 0 Å². The minimum atomic E-state index is -0.705. The van der Waals surface area contributed by atoms with Crippen molar-refractivity contribution in [2.24, 2.45) is 0 Å². The van der Waals surface area contributed by atoms with Gasteiger partial charge in [0, 0.05) is 36.8 Å². The smallest absolute Gasteiger partial charge is 0.303 e. The highest BCUT2D eigenvalue weighted by Gasteiger charge is 2.36. The van der Waals surface area contributed by atoms with Crippen molar-refractivity contribution < 1.29 is 14.3 Å². The normalized spacial score (nSPS) is 19.1. The summed E-state index contributed by atoms with van der Waals surface area (Å²) in [5, 5.41) is 9.24. The molecule has 3 aromatic rings. The molecule has 0 bridgehead atoms. The standard InChI is InChI=1S/C26H31N5O3S/c1-17(32)34-26(2,3)22(18-8-5-4-6-9-18)29-19-10-12-20(13-11-19)30-24(33)21-16-35-25(31-21)23-27-14-7-15-28-23/h4-9,14-16,19-20,22,29H,10-13H2,1-3H3,(H,30,33). The lowest BCUT2D eigenvalue weighted by Crippen LogP contribution is -2.49. The highest BCUT2D eigenvalue weighted by Crippen LogP contribution is 2.32. The van der Waals surface area contributed by atoms with Crippen molar-refractivity contribution in [2.75, 3.05) is 0 Å². The number of rotatable bonds is 8. The van der Waals surface area contributed by atoms with Gasteiger partial charge in [-0.25, -0.2) is 15.0 Å². The Labute approximate surface area is 209 Å². The predicted octanol–water partition coefficient (Wildman–Crippen LogP) is 4.31. The molecule has 1 atom stereocenters. The maximum Gasteiger partial charge on any atom is 0.303 e. The zero-order chi connectivity index (χ0) is 24.8. The van der Waals surface area contributed by atoms with Crippen LogP contribution in [0.1, 0.15) is 68.5 Å². The highest BCUT2D eigenvalue weighted by atomic mass is 32.1. The molecule has 4 rings (SSSR count). The van der Waals surface area contributed by atoms with Gasteiger partial charge in [-0.2, -0.15) is 0 Å². The summed E-state index contributed by atoms with van der Waals surface area (Å²) < 4.78 is 5.68. The summed E-state index contributed by atoms with van der Waals surface area (Å²) in [6.07, 6.45) is 6.85. The summed E-state index contributed by atoms with van der Waals surface area (Å²) in [7, 11) is 0. The maximum absolute atomic E-state index is 12.8. The number of hydrogen-bond acceptors (Lipinski definition) is 8. The molecule has 0 radical (unpaired) electrons. The molecule has 2 aromatic heterocycles. The second-order valence-electron chi connectivity index (χ2n) is 9.34. The van der Waals surface area contributed by atoms with E-state index < -0.39 is 5.60 Å². The Morgan fingerprint density at radius 2 is 1.69 bits per heavy atom. The first kappa shape index (κ1) is 24.9. The van der Waals surface area contributed by atoms with Crippen LogP contribution in [0.4, 0.5) is 0 Å². The first-order valence-corrected chi connectivity index (χ1v) is 12.7. The van der Waals surface area contributed by atoms with Crippen molar-refractivity contribution in [1.82, 2.24) is 25.6 Å². The monoisotopic (exact) mass is 493 g/mol. The van der Waals surface area contributed by atoms with E-state index in [2.05, 4.69) is 37.7 Å². The van der Waals surface area contributed by atoms with Gasteiger partial charge in [-0.1, -0.05) is 30.3 Å². The van der Waals surface area contributed by atoms with Crippen molar-refractivity contribution >= 4 is 23.2 Å². The van der Waals surface area contributed by atoms with Crippen LogP contribution >= 0.6 is 11.3 Å². The molecule has 1 fully saturated rings. The van der Waals surface area contributed by atoms with Crippen LogP contribution in [0.5, 0.6) is 0 Å². The molecule has 8 nitrogen and oxygen atoms in total. The molecule has 184 valence electrons. The highest BCUT2D eigenvalue weighted by molar-refractivity contribution is 7.13. The van der Waals surface area contributed by atoms with Gasteiger partial charge >= 0.3 is 5.97 Å². The Morgan fingerprint density at radius 3 is 2.34 bits per heavy atom. The molecule has 1 unspecified atom stereocenters. The number of thiazole rings is 1. The average Bonchev–Trinajstić information content (AvgIpc) is 3.34. The SMILES string of the molecule is CC(=O)OC(C)(C)C(NC1CCC(NC(=O)c2csc(-c3ncccn3)n2)CC1)c1ccccc1. The van der Waals surface area contributed by atoms with Gasteiger partial charge in [0.1, 0.15) is 11.3 Å². The fourth-order valence-electron chi connectivity index (χ4n) is 4.56. The summed E-state index contributed by atoms with van der Waals surface area (Å²) in [6, 6.07) is 12.0. The minimum Gasteiger partial charge on any atom is -0.458 e. The summed E-state index contributed by atoms with van der Waals surface area (Å²) in [4.78, 5) is 37.3. The molecule has 0 spiro atoms. The average molecular weight is 494 g/mol. The number of amides is 1. The molecular weight excluding hydrogens is 462 g/mol. The van der Waals surface area contributed by atoms with E-state index in [1.165, 1.54) is 18.3 Å². The molecule has 1 amide bonds. The number of hydrogen-bond donors (Lipinski definition) is 2. The Hall–Kier alpha value is -3.17. The third kappa shape index (κ3) is 6.49. The predicted molar refractivity (Wildman–Crippen MR) is 135 cm³/mol. The molecule has 1 aliphatic rings. The topological polar surface area (TPSA) is 106 Å². The number of benzene rings is 1. The fourth-order valence-corrected chi connectivity index (χ4v) is 5.31. The molecule has 2 heterocycles. The lowest BCUT2D eigenvalue weighted by molar-refractivity contribution is -0.157. The third-order valence-corrected chi connectivity index (χ3v) is 7.03. The van der Waals surface area contributed by atoms with Crippen LogP contribution in [0.2, 0.25) is 0 Å². The van der Waals surface area contributed by atoms with Crippen molar-refractivity contribution in [3.8, 4) is 10.8 Å². The van der Waals surface area contributed by atoms with Gasteiger partial charge in [0.15, 0.2) is 10.8 Å². The van der Waals surface area contributed by atoms with Crippen LogP contribution in [0.15, 0.2) is 54.2 Å². The molecule has 2 N–H and O–H groups in total. The van der Waals surface area contributed by atoms with Crippen molar-refractivity contribution in [1.29, 1.82) is 0 Å². The number of ether oxygens (including phenoxy) is 1. The number of aromatic nitrogens is 3. The number of nitrogens with zero attached hydrogens (tertiary/aromatic N) is 3. The van der Waals surface area contributed by atoms with E-state index in [-0.39, 0.29) is 30.0 Å². The summed E-state index contributed by atoms with van der Waals surface area (Å²) in [5.41, 5.74) is 0.768. The Bertz CT molecular complexity index is 1130. The number of esters is 1. The molecule has 0 aliphatic heterocycles. The molecule has 0 saturated heterocycles.